The van der Waals surface area contributed by atoms with Crippen LogP contribution < -0.4 is 5.48 Å². The largest absolute Gasteiger partial charge is 0.481 e. The summed E-state index contributed by atoms with van der Waals surface area (Å²) in [5.41, 5.74) is 1.40. The van der Waals surface area contributed by atoms with Crippen molar-refractivity contribution in [2.45, 2.75) is 33.3 Å². The van der Waals surface area contributed by atoms with Gasteiger partial charge in [0, 0.05) is 0 Å². The summed E-state index contributed by atoms with van der Waals surface area (Å²) in [6.45, 7) is 6.51. The average Bonchev–Trinajstić information content (AvgIpc) is 2.00. The first-order chi connectivity index (χ1) is 6.72. The number of ether oxygens (including phenoxy) is 1. The van der Waals surface area contributed by atoms with Crippen molar-refractivity contribution in [3.63, 3.8) is 0 Å². The molecule has 0 aliphatic carbocycles. The lowest BCUT2D eigenvalue weighted by molar-refractivity contribution is -0.144. The van der Waals surface area contributed by atoms with Gasteiger partial charge in [-0.3, -0.25) is 9.63 Å². The molecule has 88 valence electrons. The summed E-state index contributed by atoms with van der Waals surface area (Å²) < 4.78 is 4.86. The second-order valence-electron chi connectivity index (χ2n) is 4.15. The van der Waals surface area contributed by atoms with Gasteiger partial charge in [0.15, 0.2) is 0 Å². The highest BCUT2D eigenvalue weighted by atomic mass is 16.7. The topological polar surface area (TPSA) is 84.9 Å². The molecular formula is C9H17NO5. The van der Waals surface area contributed by atoms with E-state index < -0.39 is 23.6 Å². The molecule has 6 nitrogen and oxygen atoms in total. The quantitative estimate of drug-likeness (QED) is 0.693. The average molecular weight is 219 g/mol. The third kappa shape index (κ3) is 7.75. The van der Waals surface area contributed by atoms with Gasteiger partial charge in [-0.1, -0.05) is 0 Å². The second kappa shape index (κ2) is 5.55. The van der Waals surface area contributed by atoms with Gasteiger partial charge in [0.2, 0.25) is 0 Å². The number of hydroxylamine groups is 1. The number of hydrogen-bond acceptors (Lipinski definition) is 4. The van der Waals surface area contributed by atoms with Crippen molar-refractivity contribution >= 4 is 12.1 Å². The molecule has 0 saturated heterocycles. The van der Waals surface area contributed by atoms with Crippen molar-refractivity contribution in [2.24, 2.45) is 5.92 Å². The van der Waals surface area contributed by atoms with Crippen molar-refractivity contribution in [3.8, 4) is 0 Å². The molecule has 2 N–H and O–H groups in total. The lowest BCUT2D eigenvalue weighted by Crippen LogP contribution is -2.34. The Morgan fingerprint density at radius 3 is 2.33 bits per heavy atom. The van der Waals surface area contributed by atoms with Gasteiger partial charge < -0.3 is 9.84 Å². The lowest BCUT2D eigenvalue weighted by Gasteiger charge is -2.19. The van der Waals surface area contributed by atoms with Gasteiger partial charge in [-0.2, -0.15) is 5.48 Å². The van der Waals surface area contributed by atoms with E-state index in [9.17, 15) is 9.59 Å². The second-order valence-corrected chi connectivity index (χ2v) is 4.15. The maximum absolute atomic E-state index is 11.0. The van der Waals surface area contributed by atoms with Crippen LogP contribution in [0.5, 0.6) is 0 Å². The summed E-state index contributed by atoms with van der Waals surface area (Å²) in [4.78, 5) is 26.0. The molecule has 0 aromatic rings. The highest BCUT2D eigenvalue weighted by Crippen LogP contribution is 2.06. The van der Waals surface area contributed by atoms with E-state index in [0.717, 1.165) is 0 Å². The van der Waals surface area contributed by atoms with Crippen LogP contribution in [0.1, 0.15) is 27.7 Å². The van der Waals surface area contributed by atoms with Crippen LogP contribution in [0.4, 0.5) is 4.79 Å². The number of carboxylic acids is 1. The molecule has 0 radical (unpaired) electrons. The Morgan fingerprint density at radius 1 is 1.40 bits per heavy atom. The van der Waals surface area contributed by atoms with Gasteiger partial charge in [0.25, 0.3) is 0 Å². The zero-order chi connectivity index (χ0) is 12.1. The minimum absolute atomic E-state index is 0.103. The van der Waals surface area contributed by atoms with Gasteiger partial charge in [-0.05, 0) is 27.7 Å². The summed E-state index contributed by atoms with van der Waals surface area (Å²) in [7, 11) is 0. The summed E-state index contributed by atoms with van der Waals surface area (Å²) in [5.74, 6) is -1.67. The molecule has 0 rings (SSSR count). The predicted molar refractivity (Wildman–Crippen MR) is 52.1 cm³/mol. The molecule has 0 aliphatic rings. The smallest absolute Gasteiger partial charge is 0.431 e. The third-order valence-electron chi connectivity index (χ3n) is 1.31. The minimum Gasteiger partial charge on any atom is -0.481 e. The highest BCUT2D eigenvalue weighted by molar-refractivity contribution is 5.69. The molecule has 1 unspecified atom stereocenters. The van der Waals surface area contributed by atoms with E-state index in [-0.39, 0.29) is 6.61 Å². The molecule has 0 saturated carbocycles. The number of carbonyl (C=O) groups is 2. The van der Waals surface area contributed by atoms with Gasteiger partial charge in [-0.25, -0.2) is 4.79 Å². The van der Waals surface area contributed by atoms with Crippen molar-refractivity contribution in [3.05, 3.63) is 0 Å². The maximum Gasteiger partial charge on any atom is 0.431 e. The Labute approximate surface area is 88.5 Å². The monoisotopic (exact) mass is 219 g/mol. The molecule has 0 bridgehead atoms. The summed E-state index contributed by atoms with van der Waals surface area (Å²) >= 11 is 0. The van der Waals surface area contributed by atoms with Crippen LogP contribution in [0.3, 0.4) is 0 Å². The molecule has 6 heteroatoms. The first-order valence-electron chi connectivity index (χ1n) is 4.56. The Kier molecular flexibility index (Phi) is 5.07. The zero-order valence-corrected chi connectivity index (χ0v) is 9.36. The normalized spacial score (nSPS) is 13.1. The van der Waals surface area contributed by atoms with Crippen molar-refractivity contribution in [1.29, 1.82) is 0 Å². The molecule has 15 heavy (non-hydrogen) atoms. The van der Waals surface area contributed by atoms with Crippen molar-refractivity contribution < 1.29 is 24.3 Å². The fourth-order valence-corrected chi connectivity index (χ4v) is 0.596. The van der Waals surface area contributed by atoms with Crippen LogP contribution in [0.25, 0.3) is 0 Å². The van der Waals surface area contributed by atoms with Crippen LogP contribution in [0.15, 0.2) is 0 Å². The summed E-state index contributed by atoms with van der Waals surface area (Å²) in [5, 5.41) is 8.51. The molecule has 0 spiro atoms. The van der Waals surface area contributed by atoms with E-state index >= 15 is 0 Å². The Morgan fingerprint density at radius 2 is 1.93 bits per heavy atom. The van der Waals surface area contributed by atoms with Crippen LogP contribution in [0.2, 0.25) is 0 Å². The summed E-state index contributed by atoms with van der Waals surface area (Å²) in [6, 6.07) is 0. The fraction of sp³-hybridized carbons (Fsp3) is 0.778. The SMILES string of the molecule is CC(CONC(=O)OC(C)(C)C)C(=O)O. The van der Waals surface area contributed by atoms with Crippen molar-refractivity contribution in [1.82, 2.24) is 5.48 Å². The summed E-state index contributed by atoms with van der Waals surface area (Å²) in [6.07, 6.45) is -0.736. The number of hydrogen-bond donors (Lipinski definition) is 2. The van der Waals surface area contributed by atoms with E-state index in [4.69, 9.17) is 9.84 Å². The van der Waals surface area contributed by atoms with Crippen LogP contribution in [0, 0.1) is 5.92 Å². The number of amides is 1. The van der Waals surface area contributed by atoms with Crippen molar-refractivity contribution in [2.75, 3.05) is 6.61 Å². The first-order valence-corrected chi connectivity index (χ1v) is 4.56. The maximum atomic E-state index is 11.0. The number of nitrogens with one attached hydrogen (secondary N) is 1. The van der Waals surface area contributed by atoms with Crippen LogP contribution in [-0.4, -0.2) is 29.4 Å². The fourth-order valence-electron chi connectivity index (χ4n) is 0.596. The van der Waals surface area contributed by atoms with E-state index in [1.54, 1.807) is 20.8 Å². The number of aliphatic carboxylic acids is 1. The predicted octanol–water partition coefficient (Wildman–Crippen LogP) is 1.16. The van der Waals surface area contributed by atoms with E-state index in [1.807, 2.05) is 5.48 Å². The minimum atomic E-state index is -0.985. The molecule has 1 atom stereocenters. The zero-order valence-electron chi connectivity index (χ0n) is 9.36. The highest BCUT2D eigenvalue weighted by Gasteiger charge is 2.17. The standard InChI is InChI=1S/C9H17NO5/c1-6(7(11)12)5-14-10-8(13)15-9(2,3)4/h6H,5H2,1-4H3,(H,10,13)(H,11,12). The molecule has 0 aliphatic heterocycles. The van der Waals surface area contributed by atoms with Gasteiger partial charge in [-0.15, -0.1) is 0 Å². The van der Waals surface area contributed by atoms with Gasteiger partial charge in [0.05, 0.1) is 12.5 Å². The number of carboxylic acid groups (broad SMARTS) is 1. The molecule has 0 fully saturated rings. The van der Waals surface area contributed by atoms with Crippen LogP contribution >= 0.6 is 0 Å². The Hall–Kier alpha value is -1.30. The van der Waals surface area contributed by atoms with E-state index in [0.29, 0.717) is 0 Å². The molecule has 0 heterocycles. The van der Waals surface area contributed by atoms with E-state index in [1.165, 1.54) is 6.92 Å². The number of carbonyl (C=O) groups excluding carboxylic acids is 1. The Balaban J connectivity index is 3.69. The van der Waals surface area contributed by atoms with Gasteiger partial charge in [0.1, 0.15) is 5.60 Å². The third-order valence-corrected chi connectivity index (χ3v) is 1.31. The lowest BCUT2D eigenvalue weighted by atomic mass is 10.2. The molecule has 1 amide bonds. The Bertz CT molecular complexity index is 233. The first kappa shape index (κ1) is 13.7. The van der Waals surface area contributed by atoms with E-state index in [2.05, 4.69) is 4.84 Å². The van der Waals surface area contributed by atoms with Gasteiger partial charge >= 0.3 is 12.1 Å². The molecule has 0 aromatic heterocycles. The number of rotatable bonds is 4. The molecular weight excluding hydrogens is 202 g/mol. The molecule has 0 aromatic carbocycles. The van der Waals surface area contributed by atoms with Crippen LogP contribution in [-0.2, 0) is 14.4 Å².